The van der Waals surface area contributed by atoms with Crippen LogP contribution in [-0.2, 0) is 4.79 Å². The molecular weight excluding hydrogens is 168 g/mol. The van der Waals surface area contributed by atoms with E-state index in [9.17, 15) is 4.79 Å². The molecular formula is C9H12N2O2. The van der Waals surface area contributed by atoms with Crippen molar-refractivity contribution in [2.45, 2.75) is 0 Å². The molecule has 0 aliphatic heterocycles. The highest BCUT2D eigenvalue weighted by Crippen LogP contribution is 1.87. The lowest BCUT2D eigenvalue weighted by Crippen LogP contribution is -2.20. The normalized spacial score (nSPS) is 11.2. The largest absolute Gasteiger partial charge is 0.480 e. The van der Waals surface area contributed by atoms with Crippen molar-refractivity contribution in [2.24, 2.45) is 4.99 Å². The number of carboxylic acids is 1. The summed E-state index contributed by atoms with van der Waals surface area (Å²) in [4.78, 5) is 13.9. The van der Waals surface area contributed by atoms with Crippen molar-refractivity contribution in [3.63, 3.8) is 0 Å². The molecule has 0 heterocycles. The maximum Gasteiger partial charge on any atom is 0.322 e. The first kappa shape index (κ1) is 11.2. The summed E-state index contributed by atoms with van der Waals surface area (Å²) >= 11 is 0. The zero-order chi connectivity index (χ0) is 10.1. The van der Waals surface area contributed by atoms with Crippen LogP contribution < -0.4 is 5.32 Å². The molecule has 0 aromatic rings. The molecule has 0 saturated heterocycles. The van der Waals surface area contributed by atoms with Gasteiger partial charge in [-0.3, -0.25) is 9.79 Å². The molecule has 0 fully saturated rings. The first-order valence-electron chi connectivity index (χ1n) is 3.63. The molecule has 0 aromatic heterocycles. The molecule has 2 N–H and O–H groups in total. The van der Waals surface area contributed by atoms with Crippen LogP contribution in [0.2, 0.25) is 0 Å². The monoisotopic (exact) mass is 180 g/mol. The van der Waals surface area contributed by atoms with E-state index in [4.69, 9.17) is 5.11 Å². The van der Waals surface area contributed by atoms with Gasteiger partial charge in [-0.25, -0.2) is 0 Å². The molecule has 0 aliphatic rings. The van der Waals surface area contributed by atoms with Gasteiger partial charge in [0.2, 0.25) is 0 Å². The second-order valence-corrected chi connectivity index (χ2v) is 2.05. The number of aliphatic carboxylic acids is 1. The van der Waals surface area contributed by atoms with Crippen LogP contribution in [0, 0.1) is 0 Å². The second kappa shape index (κ2) is 6.84. The molecule has 0 bridgehead atoms. The van der Waals surface area contributed by atoms with Crippen LogP contribution >= 0.6 is 0 Å². The summed E-state index contributed by atoms with van der Waals surface area (Å²) in [6, 6.07) is 0. The summed E-state index contributed by atoms with van der Waals surface area (Å²) < 4.78 is 0. The number of hydrogen-bond acceptors (Lipinski definition) is 3. The van der Waals surface area contributed by atoms with E-state index < -0.39 is 5.97 Å². The van der Waals surface area contributed by atoms with E-state index >= 15 is 0 Å². The van der Waals surface area contributed by atoms with E-state index in [1.165, 1.54) is 18.5 Å². The first-order valence-corrected chi connectivity index (χ1v) is 3.63. The minimum atomic E-state index is -0.923. The van der Waals surface area contributed by atoms with Crippen LogP contribution in [0.5, 0.6) is 0 Å². The Balaban J connectivity index is 4.08. The number of hydrogen-bond donors (Lipinski definition) is 2. The Hall–Kier alpha value is -1.84. The topological polar surface area (TPSA) is 61.7 Å². The maximum absolute atomic E-state index is 10.2. The van der Waals surface area contributed by atoms with Crippen LogP contribution in [0.15, 0.2) is 42.2 Å². The van der Waals surface area contributed by atoms with Crippen LogP contribution in [-0.4, -0.2) is 23.8 Å². The average molecular weight is 180 g/mol. The maximum atomic E-state index is 10.2. The Morgan fingerprint density at radius 2 is 2.23 bits per heavy atom. The van der Waals surface area contributed by atoms with Gasteiger partial charge in [0.05, 0.1) is 0 Å². The van der Waals surface area contributed by atoms with E-state index in [-0.39, 0.29) is 6.54 Å². The van der Waals surface area contributed by atoms with Gasteiger partial charge < -0.3 is 10.4 Å². The van der Waals surface area contributed by atoms with Crippen molar-refractivity contribution in [3.05, 3.63) is 37.2 Å². The summed E-state index contributed by atoms with van der Waals surface area (Å²) in [5.41, 5.74) is 0.605. The van der Waals surface area contributed by atoms with E-state index in [0.717, 1.165) is 0 Å². The fourth-order valence-electron chi connectivity index (χ4n) is 0.561. The van der Waals surface area contributed by atoms with Crippen LogP contribution in [0.1, 0.15) is 0 Å². The third-order valence-electron chi connectivity index (χ3n) is 1.11. The Kier molecular flexibility index (Phi) is 5.88. The molecule has 0 unspecified atom stereocenters. The number of nitrogens with zero attached hydrogens (tertiary/aromatic N) is 1. The quantitative estimate of drug-likeness (QED) is 0.472. The molecule has 13 heavy (non-hydrogen) atoms. The van der Waals surface area contributed by atoms with E-state index in [2.05, 4.69) is 23.5 Å². The minimum Gasteiger partial charge on any atom is -0.480 e. The molecule has 0 amide bonds. The van der Waals surface area contributed by atoms with Gasteiger partial charge in [0.15, 0.2) is 0 Å². The molecule has 0 radical (unpaired) electrons. The van der Waals surface area contributed by atoms with Crippen molar-refractivity contribution >= 4 is 12.2 Å². The highest BCUT2D eigenvalue weighted by molar-refractivity contribution is 5.74. The zero-order valence-corrected chi connectivity index (χ0v) is 7.23. The van der Waals surface area contributed by atoms with Crippen molar-refractivity contribution in [3.8, 4) is 0 Å². The van der Waals surface area contributed by atoms with Gasteiger partial charge in [-0.2, -0.15) is 0 Å². The van der Waals surface area contributed by atoms with Crippen molar-refractivity contribution in [2.75, 3.05) is 6.54 Å². The number of aliphatic imine (C=N–C) groups is 1. The highest BCUT2D eigenvalue weighted by atomic mass is 16.4. The summed E-state index contributed by atoms with van der Waals surface area (Å²) in [6.07, 6.45) is 6.00. The van der Waals surface area contributed by atoms with Gasteiger partial charge in [0.25, 0.3) is 0 Å². The standard InChI is InChI=1S/C9H12N2O2/c1-3-8(5-6-10-4-2)11-7-9(12)13/h3-6,11H,1-2,7H2,(H,12,13)/b8-5+,10-6?. The predicted octanol–water partition coefficient (Wildman–Crippen LogP) is 0.945. The number of nitrogens with one attached hydrogen (secondary N) is 1. The molecule has 70 valence electrons. The van der Waals surface area contributed by atoms with Crippen LogP contribution in [0.4, 0.5) is 0 Å². The predicted molar refractivity (Wildman–Crippen MR) is 52.6 cm³/mol. The number of rotatable bonds is 6. The second-order valence-electron chi connectivity index (χ2n) is 2.05. The Bertz CT molecular complexity index is 254. The molecule has 0 saturated carbocycles. The Morgan fingerprint density at radius 3 is 2.69 bits per heavy atom. The lowest BCUT2D eigenvalue weighted by molar-refractivity contribution is -0.135. The molecule has 0 aliphatic carbocycles. The summed E-state index contributed by atoms with van der Waals surface area (Å²) in [7, 11) is 0. The smallest absolute Gasteiger partial charge is 0.322 e. The first-order chi connectivity index (χ1) is 6.20. The number of carboxylic acid groups (broad SMARTS) is 1. The number of carbonyl (C=O) groups is 1. The van der Waals surface area contributed by atoms with Crippen LogP contribution in [0.3, 0.4) is 0 Å². The molecule has 4 heteroatoms. The Labute approximate surface area is 77.0 Å². The third kappa shape index (κ3) is 6.55. The van der Waals surface area contributed by atoms with Crippen molar-refractivity contribution < 1.29 is 9.90 Å². The van der Waals surface area contributed by atoms with Gasteiger partial charge in [0.1, 0.15) is 6.54 Å². The summed E-state index contributed by atoms with van der Waals surface area (Å²) in [5.74, 6) is -0.923. The average Bonchev–Trinajstić information content (AvgIpc) is 2.10. The minimum absolute atomic E-state index is 0.139. The van der Waals surface area contributed by atoms with Crippen LogP contribution in [0.25, 0.3) is 0 Å². The van der Waals surface area contributed by atoms with E-state index in [1.807, 2.05) is 0 Å². The van der Waals surface area contributed by atoms with Crippen molar-refractivity contribution in [1.82, 2.24) is 5.32 Å². The fraction of sp³-hybridized carbons (Fsp3) is 0.111. The SMILES string of the molecule is C=CN=C/C=C(\C=C)NCC(=O)O. The number of allylic oxidation sites excluding steroid dienone is 2. The fourth-order valence-corrected chi connectivity index (χ4v) is 0.561. The van der Waals surface area contributed by atoms with Gasteiger partial charge in [-0.05, 0) is 12.2 Å². The molecule has 0 aromatic carbocycles. The Morgan fingerprint density at radius 1 is 1.54 bits per heavy atom. The van der Waals surface area contributed by atoms with Gasteiger partial charge in [-0.15, -0.1) is 0 Å². The van der Waals surface area contributed by atoms with Gasteiger partial charge in [0, 0.05) is 18.1 Å². The third-order valence-corrected chi connectivity index (χ3v) is 1.11. The summed E-state index contributed by atoms with van der Waals surface area (Å²) in [5, 5.41) is 11.0. The molecule has 4 nitrogen and oxygen atoms in total. The van der Waals surface area contributed by atoms with Crippen molar-refractivity contribution in [1.29, 1.82) is 0 Å². The van der Waals surface area contributed by atoms with Gasteiger partial charge in [-0.1, -0.05) is 13.2 Å². The zero-order valence-electron chi connectivity index (χ0n) is 7.23. The summed E-state index contributed by atoms with van der Waals surface area (Å²) in [6.45, 7) is 6.76. The molecule has 0 atom stereocenters. The van der Waals surface area contributed by atoms with E-state index in [1.54, 1.807) is 6.08 Å². The lowest BCUT2D eigenvalue weighted by atomic mass is 10.4. The van der Waals surface area contributed by atoms with Gasteiger partial charge >= 0.3 is 5.97 Å². The lowest BCUT2D eigenvalue weighted by Gasteiger charge is -2.01. The molecule has 0 spiro atoms. The van der Waals surface area contributed by atoms with E-state index in [0.29, 0.717) is 5.70 Å². The molecule has 0 rings (SSSR count). The highest BCUT2D eigenvalue weighted by Gasteiger charge is 1.94.